The largest absolute Gasteiger partial charge is 0.282 e. The molecule has 1 atom stereocenters. The van der Waals surface area contributed by atoms with Crippen molar-refractivity contribution in [2.45, 2.75) is 17.9 Å². The molecule has 9 heteroatoms. The van der Waals surface area contributed by atoms with Crippen molar-refractivity contribution in [2.75, 3.05) is 26.2 Å². The summed E-state index contributed by atoms with van der Waals surface area (Å²) < 4.78 is 27.1. The molecule has 0 radical (unpaired) electrons. The summed E-state index contributed by atoms with van der Waals surface area (Å²) in [6, 6.07) is 15.2. The fourth-order valence-electron chi connectivity index (χ4n) is 3.30. The minimum atomic E-state index is -3.84. The molecule has 0 spiro atoms. The number of nitro benzene ring substituents is 1. The molecule has 0 N–H and O–H groups in total. The van der Waals surface area contributed by atoms with Gasteiger partial charge in [-0.3, -0.25) is 15.0 Å². The van der Waals surface area contributed by atoms with Crippen LogP contribution in [0.15, 0.2) is 53.4 Å². The average molecular weight is 400 g/mol. The molecule has 0 saturated carbocycles. The van der Waals surface area contributed by atoms with Gasteiger partial charge in [-0.1, -0.05) is 36.4 Å². The number of piperazine rings is 1. The number of hydrogen-bond donors (Lipinski definition) is 0. The molecule has 28 heavy (non-hydrogen) atoms. The van der Waals surface area contributed by atoms with E-state index in [1.165, 1.54) is 16.4 Å². The normalized spacial score (nSPS) is 17.0. The Bertz CT molecular complexity index is 1010. The SMILES string of the molecule is Cc1ccc(S(=O)(=O)N2CCN(C(C#N)c3ccccc3)CC2)cc1[N+](=O)[O-]. The summed E-state index contributed by atoms with van der Waals surface area (Å²) in [5.74, 6) is 0. The number of rotatable bonds is 5. The van der Waals surface area contributed by atoms with Gasteiger partial charge in [-0.2, -0.15) is 9.57 Å². The number of hydrogen-bond acceptors (Lipinski definition) is 6. The molecular formula is C19H20N4O4S. The smallest absolute Gasteiger partial charge is 0.273 e. The predicted molar refractivity (Wildman–Crippen MR) is 103 cm³/mol. The molecule has 8 nitrogen and oxygen atoms in total. The molecule has 1 fully saturated rings. The molecule has 1 heterocycles. The summed E-state index contributed by atoms with van der Waals surface area (Å²) in [5, 5.41) is 20.7. The van der Waals surface area contributed by atoms with Crippen molar-refractivity contribution in [3.8, 4) is 6.07 Å². The minimum absolute atomic E-state index is 0.0851. The van der Waals surface area contributed by atoms with Gasteiger partial charge in [-0.25, -0.2) is 8.42 Å². The van der Waals surface area contributed by atoms with E-state index < -0.39 is 21.0 Å². The lowest BCUT2D eigenvalue weighted by Gasteiger charge is -2.36. The maximum atomic E-state index is 12.9. The molecule has 1 unspecified atom stereocenters. The average Bonchev–Trinajstić information content (AvgIpc) is 2.70. The molecule has 1 aliphatic heterocycles. The zero-order valence-corrected chi connectivity index (χ0v) is 16.2. The molecule has 0 aliphatic carbocycles. The van der Waals surface area contributed by atoms with Crippen LogP contribution in [-0.2, 0) is 10.0 Å². The Morgan fingerprint density at radius 2 is 1.75 bits per heavy atom. The summed E-state index contributed by atoms with van der Waals surface area (Å²) >= 11 is 0. The number of aryl methyl sites for hydroxylation is 1. The Kier molecular flexibility index (Phi) is 5.74. The topological polar surface area (TPSA) is 108 Å². The third-order valence-corrected chi connectivity index (χ3v) is 6.79. The van der Waals surface area contributed by atoms with Crippen molar-refractivity contribution < 1.29 is 13.3 Å². The third-order valence-electron chi connectivity index (χ3n) is 4.89. The van der Waals surface area contributed by atoms with Gasteiger partial charge < -0.3 is 0 Å². The van der Waals surface area contributed by atoms with Gasteiger partial charge in [0, 0.05) is 37.8 Å². The summed E-state index contributed by atoms with van der Waals surface area (Å²) in [4.78, 5) is 12.4. The van der Waals surface area contributed by atoms with Gasteiger partial charge in [0.15, 0.2) is 0 Å². The Hall–Kier alpha value is -2.80. The van der Waals surface area contributed by atoms with Crippen LogP contribution in [0, 0.1) is 28.4 Å². The summed E-state index contributed by atoms with van der Waals surface area (Å²) in [6.07, 6.45) is 0. The number of nitrogens with zero attached hydrogens (tertiary/aromatic N) is 4. The number of sulfonamides is 1. The number of benzene rings is 2. The van der Waals surface area contributed by atoms with Gasteiger partial charge in [0.05, 0.1) is 15.9 Å². The second-order valence-electron chi connectivity index (χ2n) is 6.59. The highest BCUT2D eigenvalue weighted by molar-refractivity contribution is 7.89. The molecule has 146 valence electrons. The first-order chi connectivity index (χ1) is 13.3. The van der Waals surface area contributed by atoms with E-state index in [2.05, 4.69) is 6.07 Å². The van der Waals surface area contributed by atoms with Crippen molar-refractivity contribution in [3.63, 3.8) is 0 Å². The Balaban J connectivity index is 1.76. The highest BCUT2D eigenvalue weighted by Gasteiger charge is 2.32. The van der Waals surface area contributed by atoms with E-state index in [0.717, 1.165) is 11.6 Å². The molecule has 0 amide bonds. The van der Waals surface area contributed by atoms with Gasteiger partial charge in [0.1, 0.15) is 6.04 Å². The predicted octanol–water partition coefficient (Wildman–Crippen LogP) is 2.47. The summed E-state index contributed by atoms with van der Waals surface area (Å²) in [7, 11) is -3.84. The van der Waals surface area contributed by atoms with Crippen LogP contribution in [0.3, 0.4) is 0 Å². The van der Waals surface area contributed by atoms with Crippen LogP contribution in [0.2, 0.25) is 0 Å². The van der Waals surface area contributed by atoms with Gasteiger partial charge >= 0.3 is 0 Å². The first kappa shape index (κ1) is 19.9. The molecule has 1 aliphatic rings. The lowest BCUT2D eigenvalue weighted by Crippen LogP contribution is -2.49. The van der Waals surface area contributed by atoms with Crippen molar-refractivity contribution in [1.82, 2.24) is 9.21 Å². The molecule has 0 bridgehead atoms. The fraction of sp³-hybridized carbons (Fsp3) is 0.316. The number of nitro groups is 1. The van der Waals surface area contributed by atoms with E-state index in [0.29, 0.717) is 18.7 Å². The van der Waals surface area contributed by atoms with Crippen LogP contribution in [0.5, 0.6) is 0 Å². The van der Waals surface area contributed by atoms with Crippen LogP contribution in [-0.4, -0.2) is 48.7 Å². The molecule has 0 aromatic heterocycles. The molecule has 1 saturated heterocycles. The van der Waals surface area contributed by atoms with Gasteiger partial charge in [0.2, 0.25) is 10.0 Å². The van der Waals surface area contributed by atoms with E-state index in [1.807, 2.05) is 35.2 Å². The highest BCUT2D eigenvalue weighted by atomic mass is 32.2. The molecule has 2 aromatic rings. The van der Waals surface area contributed by atoms with E-state index in [-0.39, 0.29) is 23.7 Å². The van der Waals surface area contributed by atoms with E-state index in [1.54, 1.807) is 6.92 Å². The standard InChI is InChI=1S/C19H20N4O4S/c1-15-7-8-17(13-18(15)23(24)25)28(26,27)22-11-9-21(10-12-22)19(14-20)16-5-3-2-4-6-16/h2-8,13,19H,9-12H2,1H3. The first-order valence-electron chi connectivity index (χ1n) is 8.78. The monoisotopic (exact) mass is 400 g/mol. The van der Waals surface area contributed by atoms with Crippen molar-refractivity contribution in [1.29, 1.82) is 5.26 Å². The number of nitriles is 1. The first-order valence-corrected chi connectivity index (χ1v) is 10.2. The molecule has 3 rings (SSSR count). The van der Waals surface area contributed by atoms with Crippen molar-refractivity contribution >= 4 is 15.7 Å². The van der Waals surface area contributed by atoms with Crippen molar-refractivity contribution in [3.05, 3.63) is 69.8 Å². The third kappa shape index (κ3) is 3.89. The molecular weight excluding hydrogens is 380 g/mol. The van der Waals surface area contributed by atoms with Crippen LogP contribution in [0.25, 0.3) is 0 Å². The second kappa shape index (κ2) is 8.06. The lowest BCUT2D eigenvalue weighted by molar-refractivity contribution is -0.385. The van der Waals surface area contributed by atoms with Crippen molar-refractivity contribution in [2.24, 2.45) is 0 Å². The zero-order chi connectivity index (χ0) is 20.3. The summed E-state index contributed by atoms with van der Waals surface area (Å²) in [6.45, 7) is 2.81. The van der Waals surface area contributed by atoms with Gasteiger partial charge in [-0.05, 0) is 18.6 Å². The van der Waals surface area contributed by atoms with Gasteiger partial charge in [-0.15, -0.1) is 0 Å². The minimum Gasteiger partial charge on any atom is -0.282 e. The van der Waals surface area contributed by atoms with Crippen LogP contribution >= 0.6 is 0 Å². The highest BCUT2D eigenvalue weighted by Crippen LogP contribution is 2.27. The van der Waals surface area contributed by atoms with E-state index in [9.17, 15) is 23.8 Å². The van der Waals surface area contributed by atoms with E-state index >= 15 is 0 Å². The second-order valence-corrected chi connectivity index (χ2v) is 8.53. The maximum absolute atomic E-state index is 12.9. The van der Waals surface area contributed by atoms with E-state index in [4.69, 9.17) is 0 Å². The molecule has 2 aromatic carbocycles. The Morgan fingerprint density at radius 1 is 1.11 bits per heavy atom. The van der Waals surface area contributed by atoms with Crippen LogP contribution < -0.4 is 0 Å². The van der Waals surface area contributed by atoms with Gasteiger partial charge in [0.25, 0.3) is 5.69 Å². The maximum Gasteiger partial charge on any atom is 0.273 e. The summed E-state index contributed by atoms with van der Waals surface area (Å²) in [5.41, 5.74) is 1.07. The Morgan fingerprint density at radius 3 is 2.32 bits per heavy atom. The fourth-order valence-corrected chi connectivity index (χ4v) is 4.74. The van der Waals surface area contributed by atoms with Crippen LogP contribution in [0.1, 0.15) is 17.2 Å². The lowest BCUT2D eigenvalue weighted by atomic mass is 10.1. The quantitative estimate of drug-likeness (QED) is 0.564. The Labute approximate surface area is 163 Å². The van der Waals surface area contributed by atoms with Crippen LogP contribution in [0.4, 0.5) is 5.69 Å². The zero-order valence-electron chi connectivity index (χ0n) is 15.4.